The maximum atomic E-state index is 12.2. The van der Waals surface area contributed by atoms with Crippen LogP contribution in [0.1, 0.15) is 56.3 Å². The van der Waals surface area contributed by atoms with Crippen molar-refractivity contribution in [2.24, 2.45) is 0 Å². The monoisotopic (exact) mass is 387 g/mol. The molecular formula is C21H25NO4S. The first kappa shape index (κ1) is 20.8. The van der Waals surface area contributed by atoms with Crippen LogP contribution in [0.4, 0.5) is 0 Å². The summed E-state index contributed by atoms with van der Waals surface area (Å²) in [6, 6.07) is 9.08. The number of benzene rings is 1. The summed E-state index contributed by atoms with van der Waals surface area (Å²) >= 11 is 1.42. The fourth-order valence-electron chi connectivity index (χ4n) is 2.67. The minimum Gasteiger partial charge on any atom is -0.453 e. The Morgan fingerprint density at radius 2 is 1.85 bits per heavy atom. The number of hydrogen-bond donors (Lipinski definition) is 1. The number of hydrogen-bond acceptors (Lipinski definition) is 5. The number of nitrogens with one attached hydrogen (secondary N) is 1. The predicted molar refractivity (Wildman–Crippen MR) is 106 cm³/mol. The van der Waals surface area contributed by atoms with Gasteiger partial charge in [-0.3, -0.25) is 9.59 Å². The molecule has 0 aliphatic carbocycles. The molecule has 144 valence electrons. The lowest BCUT2D eigenvalue weighted by molar-refractivity contribution is -0.118. The Labute approximate surface area is 163 Å². The fraction of sp³-hybridized carbons (Fsp3) is 0.381. The Kier molecular flexibility index (Phi) is 7.73. The molecule has 1 aromatic carbocycles. The standard InChI is InChI=1S/C21H25NO4S/c1-4-19-14(2)12-20(27-19)21(25)26-13-18(24)17-9-7-16(8-10-17)6-5-11-22-15(3)23/h7-10,12H,4-6,11,13H2,1-3H3,(H,22,23). The van der Waals surface area contributed by atoms with Gasteiger partial charge in [-0.1, -0.05) is 31.2 Å². The van der Waals surface area contributed by atoms with Crippen LogP contribution in [0.5, 0.6) is 0 Å². The van der Waals surface area contributed by atoms with Gasteiger partial charge in [0.15, 0.2) is 12.4 Å². The summed E-state index contributed by atoms with van der Waals surface area (Å²) in [7, 11) is 0. The Hall–Kier alpha value is -2.47. The highest BCUT2D eigenvalue weighted by atomic mass is 32.1. The molecule has 0 saturated heterocycles. The van der Waals surface area contributed by atoms with Gasteiger partial charge in [0.25, 0.3) is 0 Å². The summed E-state index contributed by atoms with van der Waals surface area (Å²) < 4.78 is 5.17. The normalized spacial score (nSPS) is 10.5. The van der Waals surface area contributed by atoms with Crippen LogP contribution in [0, 0.1) is 6.92 Å². The van der Waals surface area contributed by atoms with Crippen molar-refractivity contribution in [1.82, 2.24) is 5.32 Å². The minimum absolute atomic E-state index is 0.0332. The second kappa shape index (κ2) is 10.0. The maximum Gasteiger partial charge on any atom is 0.348 e. The van der Waals surface area contributed by atoms with Crippen molar-refractivity contribution in [2.75, 3.05) is 13.2 Å². The van der Waals surface area contributed by atoms with E-state index in [9.17, 15) is 14.4 Å². The minimum atomic E-state index is -0.453. The zero-order chi connectivity index (χ0) is 19.8. The van der Waals surface area contributed by atoms with Crippen LogP contribution in [0.25, 0.3) is 0 Å². The summed E-state index contributed by atoms with van der Waals surface area (Å²) in [4.78, 5) is 36.9. The molecule has 0 bridgehead atoms. The van der Waals surface area contributed by atoms with Crippen molar-refractivity contribution in [3.63, 3.8) is 0 Å². The van der Waals surface area contributed by atoms with Crippen molar-refractivity contribution < 1.29 is 19.1 Å². The lowest BCUT2D eigenvalue weighted by Gasteiger charge is -2.05. The first-order valence-electron chi connectivity index (χ1n) is 9.03. The van der Waals surface area contributed by atoms with E-state index in [1.165, 1.54) is 18.3 Å². The van der Waals surface area contributed by atoms with E-state index in [0.29, 0.717) is 17.0 Å². The number of aryl methyl sites for hydroxylation is 3. The molecule has 2 aromatic rings. The third-order valence-corrected chi connectivity index (χ3v) is 5.53. The number of thiophene rings is 1. The Balaban J connectivity index is 1.82. The van der Waals surface area contributed by atoms with Crippen molar-refractivity contribution >= 4 is 29.0 Å². The van der Waals surface area contributed by atoms with Gasteiger partial charge in [0, 0.05) is 23.9 Å². The van der Waals surface area contributed by atoms with Gasteiger partial charge in [-0.15, -0.1) is 11.3 Å². The van der Waals surface area contributed by atoms with Gasteiger partial charge in [-0.05, 0) is 43.4 Å². The zero-order valence-electron chi connectivity index (χ0n) is 16.0. The SMILES string of the molecule is CCc1sc(C(=O)OCC(=O)c2ccc(CCCNC(C)=O)cc2)cc1C. The summed E-state index contributed by atoms with van der Waals surface area (Å²) in [6.07, 6.45) is 2.53. The summed E-state index contributed by atoms with van der Waals surface area (Å²) in [5.74, 6) is -0.711. The summed E-state index contributed by atoms with van der Waals surface area (Å²) in [5, 5.41) is 2.75. The largest absolute Gasteiger partial charge is 0.453 e. The molecule has 0 unspecified atom stereocenters. The average Bonchev–Trinajstić information content (AvgIpc) is 3.04. The molecule has 0 atom stereocenters. The molecule has 0 aliphatic heterocycles. The van der Waals surface area contributed by atoms with E-state index in [4.69, 9.17) is 4.74 Å². The molecule has 1 amide bonds. The van der Waals surface area contributed by atoms with E-state index in [2.05, 4.69) is 5.32 Å². The van der Waals surface area contributed by atoms with Gasteiger partial charge in [0.05, 0.1) is 0 Å². The molecule has 1 aromatic heterocycles. The molecule has 1 heterocycles. The predicted octanol–water partition coefficient (Wildman–Crippen LogP) is 3.73. The first-order valence-corrected chi connectivity index (χ1v) is 9.85. The van der Waals surface area contributed by atoms with Crippen molar-refractivity contribution in [3.05, 3.63) is 56.8 Å². The molecule has 0 spiro atoms. The van der Waals surface area contributed by atoms with Gasteiger partial charge in [0.2, 0.25) is 5.91 Å². The second-order valence-electron chi connectivity index (χ2n) is 6.35. The molecular weight excluding hydrogens is 362 g/mol. The van der Waals surface area contributed by atoms with E-state index in [0.717, 1.165) is 35.3 Å². The number of ether oxygens (including phenoxy) is 1. The Morgan fingerprint density at radius 1 is 1.15 bits per heavy atom. The highest BCUT2D eigenvalue weighted by Crippen LogP contribution is 2.23. The maximum absolute atomic E-state index is 12.2. The van der Waals surface area contributed by atoms with Crippen LogP contribution in [-0.4, -0.2) is 30.8 Å². The Morgan fingerprint density at radius 3 is 2.44 bits per heavy atom. The van der Waals surface area contributed by atoms with Crippen LogP contribution in [0.2, 0.25) is 0 Å². The molecule has 0 aliphatic rings. The number of amides is 1. The van der Waals surface area contributed by atoms with Crippen molar-refractivity contribution in [2.45, 2.75) is 40.0 Å². The summed E-state index contributed by atoms with van der Waals surface area (Å²) in [6.45, 7) is 5.87. The highest BCUT2D eigenvalue weighted by molar-refractivity contribution is 7.14. The molecule has 0 fully saturated rings. The molecule has 0 radical (unpaired) electrons. The quantitative estimate of drug-likeness (QED) is 0.404. The van der Waals surface area contributed by atoms with Crippen LogP contribution in [0.3, 0.4) is 0 Å². The zero-order valence-corrected chi connectivity index (χ0v) is 16.8. The highest BCUT2D eigenvalue weighted by Gasteiger charge is 2.15. The molecule has 5 nitrogen and oxygen atoms in total. The third-order valence-electron chi connectivity index (χ3n) is 4.17. The van der Waals surface area contributed by atoms with Gasteiger partial charge >= 0.3 is 5.97 Å². The number of esters is 1. The number of carbonyl (C=O) groups excluding carboxylic acids is 3. The van der Waals surface area contributed by atoms with Crippen LogP contribution >= 0.6 is 11.3 Å². The van der Waals surface area contributed by atoms with Crippen LogP contribution in [0.15, 0.2) is 30.3 Å². The number of Topliss-reactive ketones (excluding diaryl/α,β-unsaturated/α-hetero) is 1. The summed E-state index contributed by atoms with van der Waals surface area (Å²) in [5.41, 5.74) is 2.69. The van der Waals surface area contributed by atoms with Crippen molar-refractivity contribution in [1.29, 1.82) is 0 Å². The first-order chi connectivity index (χ1) is 12.9. The van der Waals surface area contributed by atoms with Gasteiger partial charge in [0.1, 0.15) is 4.88 Å². The molecule has 0 saturated carbocycles. The second-order valence-corrected chi connectivity index (χ2v) is 7.49. The lowest BCUT2D eigenvalue weighted by atomic mass is 10.1. The topological polar surface area (TPSA) is 72.5 Å². The van der Waals surface area contributed by atoms with Gasteiger partial charge in [-0.25, -0.2) is 4.79 Å². The van der Waals surface area contributed by atoms with E-state index >= 15 is 0 Å². The third kappa shape index (κ3) is 6.32. The molecule has 27 heavy (non-hydrogen) atoms. The lowest BCUT2D eigenvalue weighted by Crippen LogP contribution is -2.21. The number of ketones is 1. The van der Waals surface area contributed by atoms with E-state index in [1.807, 2.05) is 32.0 Å². The number of rotatable bonds is 9. The molecule has 1 N–H and O–H groups in total. The average molecular weight is 388 g/mol. The molecule has 2 rings (SSSR count). The van der Waals surface area contributed by atoms with Crippen molar-refractivity contribution in [3.8, 4) is 0 Å². The van der Waals surface area contributed by atoms with E-state index in [1.54, 1.807) is 12.1 Å². The van der Waals surface area contributed by atoms with Gasteiger partial charge in [-0.2, -0.15) is 0 Å². The molecule has 6 heteroatoms. The van der Waals surface area contributed by atoms with E-state index in [-0.39, 0.29) is 18.3 Å². The van der Waals surface area contributed by atoms with Crippen LogP contribution < -0.4 is 5.32 Å². The van der Waals surface area contributed by atoms with Crippen LogP contribution in [-0.2, 0) is 22.4 Å². The smallest absolute Gasteiger partial charge is 0.348 e. The fourth-order valence-corrected chi connectivity index (χ4v) is 3.68. The Bertz CT molecular complexity index is 808. The number of carbonyl (C=O) groups is 3. The van der Waals surface area contributed by atoms with E-state index < -0.39 is 5.97 Å². The van der Waals surface area contributed by atoms with Gasteiger partial charge < -0.3 is 10.1 Å².